The molecule has 2 aromatic rings. The zero-order valence-corrected chi connectivity index (χ0v) is 16.4. The average molecular weight is 371 g/mol. The Morgan fingerprint density at radius 1 is 1.19 bits per heavy atom. The molecule has 7 heteroatoms. The van der Waals surface area contributed by atoms with Gasteiger partial charge in [0.15, 0.2) is 0 Å². The van der Waals surface area contributed by atoms with E-state index in [-0.39, 0.29) is 12.1 Å². The van der Waals surface area contributed by atoms with Crippen molar-refractivity contribution in [3.05, 3.63) is 36.5 Å². The van der Waals surface area contributed by atoms with Crippen LogP contribution >= 0.6 is 0 Å². The van der Waals surface area contributed by atoms with Gasteiger partial charge in [-0.3, -0.25) is 5.32 Å². The summed E-state index contributed by atoms with van der Waals surface area (Å²) in [6.07, 6.45) is 2.69. The first-order chi connectivity index (χ1) is 13.1. The van der Waals surface area contributed by atoms with Crippen molar-refractivity contribution >= 4 is 17.5 Å². The molecule has 0 saturated carbocycles. The predicted molar refractivity (Wildman–Crippen MR) is 108 cm³/mol. The minimum atomic E-state index is -0.0715. The number of urea groups is 1. The number of nitrogens with zero attached hydrogens (tertiary/aromatic N) is 4. The lowest BCUT2D eigenvalue weighted by atomic mass is 10.2. The van der Waals surface area contributed by atoms with Crippen LogP contribution in [-0.4, -0.2) is 53.5 Å². The molecule has 27 heavy (non-hydrogen) atoms. The molecule has 1 atom stereocenters. The highest BCUT2D eigenvalue weighted by Crippen LogP contribution is 2.29. The molecule has 1 fully saturated rings. The summed E-state index contributed by atoms with van der Waals surface area (Å²) in [7, 11) is 0. The van der Waals surface area contributed by atoms with Gasteiger partial charge in [0.1, 0.15) is 11.6 Å². The molecule has 0 aliphatic carbocycles. The molecule has 3 rings (SSSR count). The zero-order chi connectivity index (χ0) is 19.2. The summed E-state index contributed by atoms with van der Waals surface area (Å²) in [5.74, 6) is 1.65. The van der Waals surface area contributed by atoms with Crippen LogP contribution in [0.3, 0.4) is 0 Å². The molecule has 2 heterocycles. The molecule has 1 aliphatic heterocycles. The van der Waals surface area contributed by atoms with Crippen LogP contribution in [0, 0.1) is 0 Å². The second-order valence-corrected chi connectivity index (χ2v) is 6.72. The lowest BCUT2D eigenvalue weighted by Gasteiger charge is -2.36. The van der Waals surface area contributed by atoms with Crippen molar-refractivity contribution < 1.29 is 9.53 Å². The maximum Gasteiger partial charge on any atom is 0.323 e. The third-order valence-electron chi connectivity index (χ3n) is 4.99. The van der Waals surface area contributed by atoms with Gasteiger partial charge in [0, 0.05) is 32.2 Å². The molecule has 1 N–H and O–H groups in total. The Morgan fingerprint density at radius 3 is 2.63 bits per heavy atom. The number of piperazine rings is 1. The summed E-state index contributed by atoms with van der Waals surface area (Å²) < 4.78 is 7.60. The van der Waals surface area contributed by atoms with Gasteiger partial charge in [0.25, 0.3) is 0 Å². The fourth-order valence-corrected chi connectivity index (χ4v) is 3.27. The van der Waals surface area contributed by atoms with Gasteiger partial charge in [-0.1, -0.05) is 19.1 Å². The van der Waals surface area contributed by atoms with Crippen molar-refractivity contribution in [2.24, 2.45) is 0 Å². The molecule has 1 unspecified atom stereocenters. The van der Waals surface area contributed by atoms with Crippen LogP contribution in [0.15, 0.2) is 36.5 Å². The van der Waals surface area contributed by atoms with Gasteiger partial charge in [0.05, 0.1) is 24.5 Å². The minimum absolute atomic E-state index is 0.0715. The summed E-state index contributed by atoms with van der Waals surface area (Å²) in [4.78, 5) is 16.8. The summed E-state index contributed by atoms with van der Waals surface area (Å²) in [5.41, 5.74) is 1.09. The second kappa shape index (κ2) is 8.79. The van der Waals surface area contributed by atoms with E-state index >= 15 is 0 Å². The number of hydrogen-bond donors (Lipinski definition) is 1. The first kappa shape index (κ1) is 19.1. The number of para-hydroxylation sites is 2. The van der Waals surface area contributed by atoms with Gasteiger partial charge in [-0.2, -0.15) is 5.10 Å². The van der Waals surface area contributed by atoms with Crippen molar-refractivity contribution in [2.75, 3.05) is 43.0 Å². The highest BCUT2D eigenvalue weighted by molar-refractivity contribution is 5.88. The fraction of sp³-hybridized carbons (Fsp3) is 0.500. The van der Waals surface area contributed by atoms with E-state index in [1.165, 1.54) is 0 Å². The number of rotatable bonds is 6. The Balaban J connectivity index is 1.60. The van der Waals surface area contributed by atoms with Crippen LogP contribution < -0.4 is 15.0 Å². The highest BCUT2D eigenvalue weighted by atomic mass is 16.5. The van der Waals surface area contributed by atoms with E-state index in [1.54, 1.807) is 6.20 Å². The lowest BCUT2D eigenvalue weighted by molar-refractivity contribution is 0.207. The highest BCUT2D eigenvalue weighted by Gasteiger charge is 2.24. The molecule has 0 radical (unpaired) electrons. The van der Waals surface area contributed by atoms with Gasteiger partial charge in [-0.05, 0) is 32.4 Å². The Labute approximate surface area is 160 Å². The average Bonchev–Trinajstić information content (AvgIpc) is 3.16. The molecule has 2 amide bonds. The summed E-state index contributed by atoms with van der Waals surface area (Å²) in [6.45, 7) is 9.73. The number of aromatic nitrogens is 2. The van der Waals surface area contributed by atoms with Crippen molar-refractivity contribution in [3.8, 4) is 5.75 Å². The topological polar surface area (TPSA) is 62.6 Å². The Hall–Kier alpha value is -2.70. The summed E-state index contributed by atoms with van der Waals surface area (Å²) in [5, 5.41) is 7.33. The third kappa shape index (κ3) is 4.35. The van der Waals surface area contributed by atoms with Crippen molar-refractivity contribution in [1.82, 2.24) is 14.7 Å². The van der Waals surface area contributed by atoms with E-state index in [0.29, 0.717) is 19.7 Å². The SMILES string of the molecule is CCOc1ccccc1N1CCN(C(=O)Nc2ccnn2C(C)CC)CC1. The molecule has 146 valence electrons. The number of carbonyl (C=O) groups excluding carboxylic acids is 1. The summed E-state index contributed by atoms with van der Waals surface area (Å²) in [6, 6.07) is 10.1. The second-order valence-electron chi connectivity index (χ2n) is 6.72. The van der Waals surface area contributed by atoms with Crippen LogP contribution in [0.1, 0.15) is 33.2 Å². The van der Waals surface area contributed by atoms with Crippen LogP contribution in [0.25, 0.3) is 0 Å². The zero-order valence-electron chi connectivity index (χ0n) is 16.4. The monoisotopic (exact) mass is 371 g/mol. The normalized spacial score (nSPS) is 15.5. The maximum absolute atomic E-state index is 12.7. The van der Waals surface area contributed by atoms with Crippen LogP contribution in [0.2, 0.25) is 0 Å². The molecule has 1 saturated heterocycles. The number of nitrogens with one attached hydrogen (secondary N) is 1. The maximum atomic E-state index is 12.7. The fourth-order valence-electron chi connectivity index (χ4n) is 3.27. The Bertz CT molecular complexity index is 752. The number of benzene rings is 1. The smallest absolute Gasteiger partial charge is 0.323 e. The Morgan fingerprint density at radius 2 is 1.93 bits per heavy atom. The minimum Gasteiger partial charge on any atom is -0.492 e. The number of hydrogen-bond acceptors (Lipinski definition) is 4. The molecule has 1 aromatic carbocycles. The van der Waals surface area contributed by atoms with Crippen molar-refractivity contribution in [3.63, 3.8) is 0 Å². The van der Waals surface area contributed by atoms with Crippen LogP contribution in [-0.2, 0) is 0 Å². The molecular weight excluding hydrogens is 342 g/mol. The quantitative estimate of drug-likeness (QED) is 0.843. The number of ether oxygens (including phenoxy) is 1. The first-order valence-corrected chi connectivity index (χ1v) is 9.70. The van der Waals surface area contributed by atoms with E-state index < -0.39 is 0 Å². The molecule has 0 bridgehead atoms. The first-order valence-electron chi connectivity index (χ1n) is 9.70. The molecular formula is C20H29N5O2. The van der Waals surface area contributed by atoms with E-state index in [9.17, 15) is 4.79 Å². The van der Waals surface area contributed by atoms with Gasteiger partial charge in [0.2, 0.25) is 0 Å². The molecule has 1 aliphatic rings. The number of amides is 2. The van der Waals surface area contributed by atoms with Crippen molar-refractivity contribution in [2.45, 2.75) is 33.2 Å². The van der Waals surface area contributed by atoms with Gasteiger partial charge in [-0.15, -0.1) is 0 Å². The standard InChI is InChI=1S/C20H29N5O2/c1-4-16(3)25-19(10-11-21-25)22-20(26)24-14-12-23(13-15-24)17-8-6-7-9-18(17)27-5-2/h6-11,16H,4-5,12-15H2,1-3H3,(H,22,26). The van der Waals surface area contributed by atoms with Crippen molar-refractivity contribution in [1.29, 1.82) is 0 Å². The van der Waals surface area contributed by atoms with Gasteiger partial charge < -0.3 is 14.5 Å². The Kier molecular flexibility index (Phi) is 6.21. The predicted octanol–water partition coefficient (Wildman–Crippen LogP) is 3.61. The van der Waals surface area contributed by atoms with E-state index in [0.717, 1.165) is 36.8 Å². The lowest BCUT2D eigenvalue weighted by Crippen LogP contribution is -2.50. The van der Waals surface area contributed by atoms with E-state index in [2.05, 4.69) is 35.2 Å². The van der Waals surface area contributed by atoms with Gasteiger partial charge >= 0.3 is 6.03 Å². The number of anilines is 2. The number of carbonyl (C=O) groups is 1. The molecule has 1 aromatic heterocycles. The van der Waals surface area contributed by atoms with E-state index in [4.69, 9.17) is 4.74 Å². The largest absolute Gasteiger partial charge is 0.492 e. The van der Waals surface area contributed by atoms with Crippen LogP contribution in [0.5, 0.6) is 5.75 Å². The third-order valence-corrected chi connectivity index (χ3v) is 4.99. The van der Waals surface area contributed by atoms with Gasteiger partial charge in [-0.25, -0.2) is 9.48 Å². The molecule has 0 spiro atoms. The van der Waals surface area contributed by atoms with Crippen LogP contribution in [0.4, 0.5) is 16.3 Å². The van der Waals surface area contributed by atoms with E-state index in [1.807, 2.05) is 40.8 Å². The molecule has 7 nitrogen and oxygen atoms in total. The summed E-state index contributed by atoms with van der Waals surface area (Å²) >= 11 is 0.